The van der Waals surface area contributed by atoms with Gasteiger partial charge in [0, 0.05) is 21.9 Å². The van der Waals surface area contributed by atoms with Gasteiger partial charge in [0.2, 0.25) is 0 Å². The number of anilines is 3. The van der Waals surface area contributed by atoms with Gasteiger partial charge < -0.3 is 9.32 Å². The van der Waals surface area contributed by atoms with Gasteiger partial charge in [-0.25, -0.2) is 0 Å². The molecule has 0 saturated heterocycles. The Balaban J connectivity index is 0.981. The van der Waals surface area contributed by atoms with Crippen molar-refractivity contribution in [2.75, 3.05) is 4.90 Å². The fraction of sp³-hybridized carbons (Fsp3) is 0.236. The highest BCUT2D eigenvalue weighted by Gasteiger charge is 2.61. The van der Waals surface area contributed by atoms with Gasteiger partial charge in [-0.05, 0) is 154 Å². The quantitative estimate of drug-likeness (QED) is 0.179. The Morgan fingerprint density at radius 2 is 1.09 bits per heavy atom. The highest BCUT2D eigenvalue weighted by molar-refractivity contribution is 6.13. The summed E-state index contributed by atoms with van der Waals surface area (Å²) in [4.78, 5) is 2.50. The SMILES string of the molecule is CC1(C)c2ccccc2-c2cccc(N(c3ccc(-c4ccc5c(c4)C4(c6ccccc6-5)C5CC6CC(C5)CC4C6)cc3)c3cccc4oc5ccccc5c34)c21. The van der Waals surface area contributed by atoms with Gasteiger partial charge in [-0.1, -0.05) is 123 Å². The molecule has 14 rings (SSSR count). The maximum Gasteiger partial charge on any atom is 0.137 e. The molecule has 7 aromatic carbocycles. The summed E-state index contributed by atoms with van der Waals surface area (Å²) in [6.45, 7) is 4.78. The molecule has 0 unspecified atom stereocenters. The summed E-state index contributed by atoms with van der Waals surface area (Å²) in [5.41, 5.74) is 19.5. The molecule has 0 atom stereocenters. The van der Waals surface area contributed by atoms with Crippen LogP contribution >= 0.6 is 0 Å². The van der Waals surface area contributed by atoms with Crippen LogP contribution in [0.4, 0.5) is 17.1 Å². The van der Waals surface area contributed by atoms with Crippen LogP contribution in [0.3, 0.4) is 0 Å². The van der Waals surface area contributed by atoms with Crippen LogP contribution in [-0.2, 0) is 10.8 Å². The van der Waals surface area contributed by atoms with Gasteiger partial charge in [0.05, 0.1) is 16.8 Å². The number of fused-ring (bicyclic) bond motifs is 9. The van der Waals surface area contributed by atoms with Crippen LogP contribution in [0.5, 0.6) is 0 Å². The first-order valence-electron chi connectivity index (χ1n) is 21.3. The van der Waals surface area contributed by atoms with Crippen LogP contribution in [0.25, 0.3) is 55.3 Å². The molecular weight excluding hydrogens is 691 g/mol. The van der Waals surface area contributed by atoms with Crippen LogP contribution in [-0.4, -0.2) is 0 Å². The molecule has 2 heteroatoms. The topological polar surface area (TPSA) is 16.4 Å². The molecular formula is C55H45NO. The molecule has 6 aliphatic rings. The molecule has 1 spiro atoms. The molecule has 6 aliphatic carbocycles. The predicted octanol–water partition coefficient (Wildman–Crippen LogP) is 14.8. The number of nitrogens with zero attached hydrogens (tertiary/aromatic N) is 1. The monoisotopic (exact) mass is 735 g/mol. The van der Waals surface area contributed by atoms with Crippen molar-refractivity contribution in [3.63, 3.8) is 0 Å². The number of benzene rings is 7. The number of furan rings is 1. The molecule has 276 valence electrons. The molecule has 0 N–H and O–H groups in total. The van der Waals surface area contributed by atoms with Crippen LogP contribution in [0.1, 0.15) is 68.2 Å². The first kappa shape index (κ1) is 32.2. The smallest absolute Gasteiger partial charge is 0.137 e. The van der Waals surface area contributed by atoms with Gasteiger partial charge in [0.1, 0.15) is 11.2 Å². The third-order valence-corrected chi connectivity index (χ3v) is 15.4. The summed E-state index contributed by atoms with van der Waals surface area (Å²) >= 11 is 0. The second-order valence-electron chi connectivity index (χ2n) is 18.5. The minimum absolute atomic E-state index is 0.163. The Kier molecular flexibility index (Phi) is 6.44. The first-order valence-corrected chi connectivity index (χ1v) is 21.3. The van der Waals surface area contributed by atoms with Crippen LogP contribution in [0.15, 0.2) is 156 Å². The molecule has 57 heavy (non-hydrogen) atoms. The van der Waals surface area contributed by atoms with Crippen molar-refractivity contribution >= 4 is 39.0 Å². The van der Waals surface area contributed by atoms with Gasteiger partial charge in [-0.15, -0.1) is 0 Å². The van der Waals surface area contributed by atoms with Crippen molar-refractivity contribution in [1.82, 2.24) is 0 Å². The highest BCUT2D eigenvalue weighted by atomic mass is 16.3. The van der Waals surface area contributed by atoms with E-state index in [1.54, 1.807) is 11.1 Å². The lowest BCUT2D eigenvalue weighted by atomic mass is 9.43. The van der Waals surface area contributed by atoms with Gasteiger partial charge >= 0.3 is 0 Å². The van der Waals surface area contributed by atoms with E-state index in [0.29, 0.717) is 0 Å². The summed E-state index contributed by atoms with van der Waals surface area (Å²) in [5.74, 6) is 3.38. The normalized spacial score (nSPS) is 24.2. The Morgan fingerprint density at radius 3 is 1.88 bits per heavy atom. The second kappa shape index (κ2) is 11.4. The molecule has 0 amide bonds. The van der Waals surface area contributed by atoms with Crippen LogP contribution in [0, 0.1) is 23.7 Å². The summed E-state index contributed by atoms with van der Waals surface area (Å²) in [7, 11) is 0. The van der Waals surface area contributed by atoms with E-state index in [1.165, 1.54) is 82.3 Å². The average molecular weight is 736 g/mol. The van der Waals surface area contributed by atoms with Crippen molar-refractivity contribution in [3.8, 4) is 33.4 Å². The number of hydrogen-bond donors (Lipinski definition) is 0. The van der Waals surface area contributed by atoms with Crippen molar-refractivity contribution < 1.29 is 4.42 Å². The van der Waals surface area contributed by atoms with Gasteiger partial charge in [0.15, 0.2) is 0 Å². The Morgan fingerprint density at radius 1 is 0.491 bits per heavy atom. The zero-order chi connectivity index (χ0) is 37.6. The summed E-state index contributed by atoms with van der Waals surface area (Å²) in [5, 5.41) is 2.28. The Labute approximate surface area is 334 Å². The van der Waals surface area contributed by atoms with Crippen molar-refractivity contribution in [2.45, 2.75) is 56.8 Å². The lowest BCUT2D eigenvalue weighted by Crippen LogP contribution is -2.55. The van der Waals surface area contributed by atoms with E-state index >= 15 is 0 Å². The predicted molar refractivity (Wildman–Crippen MR) is 235 cm³/mol. The molecule has 8 aromatic rings. The maximum atomic E-state index is 6.49. The van der Waals surface area contributed by atoms with Crippen LogP contribution < -0.4 is 4.90 Å². The third-order valence-electron chi connectivity index (χ3n) is 15.4. The molecule has 0 aliphatic heterocycles. The summed E-state index contributed by atoms with van der Waals surface area (Å²) in [6.07, 6.45) is 7.08. The molecule has 2 nitrogen and oxygen atoms in total. The Bertz CT molecular complexity index is 2930. The van der Waals surface area contributed by atoms with Crippen molar-refractivity contribution in [3.05, 3.63) is 174 Å². The van der Waals surface area contributed by atoms with Gasteiger partial charge in [0.25, 0.3) is 0 Å². The zero-order valence-electron chi connectivity index (χ0n) is 32.6. The van der Waals surface area contributed by atoms with E-state index in [0.717, 1.165) is 57.0 Å². The number of rotatable bonds is 4. The summed E-state index contributed by atoms with van der Waals surface area (Å²) < 4.78 is 6.49. The summed E-state index contributed by atoms with van der Waals surface area (Å²) in [6, 6.07) is 57.2. The molecule has 4 saturated carbocycles. The largest absolute Gasteiger partial charge is 0.456 e. The number of para-hydroxylation sites is 1. The lowest BCUT2D eigenvalue weighted by molar-refractivity contribution is -0.0399. The fourth-order valence-corrected chi connectivity index (χ4v) is 13.5. The molecule has 1 aromatic heterocycles. The lowest BCUT2D eigenvalue weighted by Gasteiger charge is -2.61. The van der Waals surface area contributed by atoms with E-state index in [4.69, 9.17) is 4.42 Å². The van der Waals surface area contributed by atoms with E-state index < -0.39 is 0 Å². The molecule has 0 radical (unpaired) electrons. The van der Waals surface area contributed by atoms with E-state index in [1.807, 2.05) is 0 Å². The van der Waals surface area contributed by atoms with Gasteiger partial charge in [-0.3, -0.25) is 0 Å². The molecule has 4 bridgehead atoms. The Hall–Kier alpha value is -5.86. The van der Waals surface area contributed by atoms with Crippen LogP contribution in [0.2, 0.25) is 0 Å². The minimum atomic E-state index is -0.178. The first-order chi connectivity index (χ1) is 28.0. The second-order valence-corrected chi connectivity index (χ2v) is 18.5. The molecule has 4 fully saturated rings. The van der Waals surface area contributed by atoms with Gasteiger partial charge in [-0.2, -0.15) is 0 Å². The van der Waals surface area contributed by atoms with E-state index in [2.05, 4.69) is 170 Å². The minimum Gasteiger partial charge on any atom is -0.456 e. The third kappa shape index (κ3) is 4.21. The fourth-order valence-electron chi connectivity index (χ4n) is 13.5. The van der Waals surface area contributed by atoms with Crippen molar-refractivity contribution in [1.29, 1.82) is 0 Å². The van der Waals surface area contributed by atoms with Crippen molar-refractivity contribution in [2.24, 2.45) is 23.7 Å². The standard InChI is InChI=1S/C55H45NO/c1-54(2)45-15-6-3-12-41(45)43-14-9-18-49(53(43)54)56(48-17-10-20-51-52(48)44-13-5-8-19-50(44)57-51)39-24-21-35(22-25-39)36-23-26-42-40-11-4-7-16-46(40)55(47(42)32-36)37-28-33-27-34(30-37)31-38(55)29-33/h3-26,32-34,37-38H,27-31H2,1-2H3. The number of hydrogen-bond acceptors (Lipinski definition) is 2. The average Bonchev–Trinajstić information content (AvgIpc) is 3.85. The van der Waals surface area contributed by atoms with E-state index in [9.17, 15) is 0 Å². The molecule has 1 heterocycles. The maximum absolute atomic E-state index is 6.49. The highest BCUT2D eigenvalue weighted by Crippen LogP contribution is 2.69. The van der Waals surface area contributed by atoms with E-state index in [-0.39, 0.29) is 10.8 Å². The zero-order valence-corrected chi connectivity index (χ0v) is 32.6.